The van der Waals surface area contributed by atoms with Crippen molar-refractivity contribution in [1.82, 2.24) is 14.8 Å². The van der Waals surface area contributed by atoms with Crippen LogP contribution < -0.4 is 4.74 Å². The number of amides is 1. The fraction of sp³-hybridized carbons (Fsp3) is 0.647. The minimum Gasteiger partial charge on any atom is -0.481 e. The second kappa shape index (κ2) is 6.09. The predicted molar refractivity (Wildman–Crippen MR) is 84.5 cm³/mol. The molecule has 1 aliphatic carbocycles. The molecule has 0 spiro atoms. The van der Waals surface area contributed by atoms with E-state index < -0.39 is 0 Å². The van der Waals surface area contributed by atoms with Gasteiger partial charge in [0.15, 0.2) is 0 Å². The number of rotatable bonds is 3. The number of nitrogens with zero attached hydrogens (tertiary/aromatic N) is 3. The zero-order valence-corrected chi connectivity index (χ0v) is 13.5. The summed E-state index contributed by atoms with van der Waals surface area (Å²) in [4.78, 5) is 21.3. The van der Waals surface area contributed by atoms with Crippen molar-refractivity contribution in [3.63, 3.8) is 0 Å². The van der Waals surface area contributed by atoms with Crippen LogP contribution in [0.4, 0.5) is 0 Å². The van der Waals surface area contributed by atoms with Crippen LogP contribution in [-0.4, -0.2) is 72.7 Å². The molecule has 2 saturated heterocycles. The van der Waals surface area contributed by atoms with Crippen LogP contribution in [0.25, 0.3) is 0 Å². The van der Waals surface area contributed by atoms with Gasteiger partial charge in [-0.15, -0.1) is 0 Å². The van der Waals surface area contributed by atoms with Gasteiger partial charge in [0.1, 0.15) is 0 Å². The lowest BCUT2D eigenvalue weighted by Crippen LogP contribution is -2.63. The van der Waals surface area contributed by atoms with Gasteiger partial charge in [0, 0.05) is 43.5 Å². The second-order valence-electron chi connectivity index (χ2n) is 6.67. The van der Waals surface area contributed by atoms with Crippen molar-refractivity contribution >= 4 is 5.91 Å². The number of aromatic nitrogens is 1. The molecule has 3 heterocycles. The third kappa shape index (κ3) is 2.93. The normalized spacial score (nSPS) is 28.3. The average molecular weight is 317 g/mol. The van der Waals surface area contributed by atoms with Gasteiger partial charge < -0.3 is 14.4 Å². The Hall–Kier alpha value is -1.66. The summed E-state index contributed by atoms with van der Waals surface area (Å²) >= 11 is 0. The lowest BCUT2D eigenvalue weighted by atomic mass is 10.0. The van der Waals surface area contributed by atoms with Crippen LogP contribution >= 0.6 is 0 Å². The molecule has 2 atom stereocenters. The summed E-state index contributed by atoms with van der Waals surface area (Å²) < 4.78 is 10.9. The van der Waals surface area contributed by atoms with Crippen LogP contribution in [0.1, 0.15) is 23.2 Å². The second-order valence-corrected chi connectivity index (χ2v) is 6.67. The Kier molecular flexibility index (Phi) is 3.95. The number of carbonyl (C=O) groups is 1. The van der Waals surface area contributed by atoms with E-state index in [2.05, 4.69) is 9.88 Å². The molecule has 2 aliphatic heterocycles. The maximum atomic E-state index is 12.8. The maximum absolute atomic E-state index is 12.8. The molecule has 0 N–H and O–H groups in total. The van der Waals surface area contributed by atoms with E-state index in [1.807, 2.05) is 4.90 Å². The molecule has 3 fully saturated rings. The molecule has 6 heteroatoms. The van der Waals surface area contributed by atoms with E-state index in [4.69, 9.17) is 9.47 Å². The average Bonchev–Trinajstić information content (AvgIpc) is 3.45. The molecule has 0 radical (unpaired) electrons. The number of hydrogen-bond acceptors (Lipinski definition) is 5. The zero-order chi connectivity index (χ0) is 15.8. The Balaban J connectivity index is 1.45. The minimum atomic E-state index is 0.0545. The van der Waals surface area contributed by atoms with Gasteiger partial charge in [-0.1, -0.05) is 0 Å². The highest BCUT2D eigenvalue weighted by Crippen LogP contribution is 2.38. The molecular formula is C17H23N3O3. The number of hydrogen-bond donors (Lipinski definition) is 0. The lowest BCUT2D eigenvalue weighted by Gasteiger charge is -2.48. The number of fused-ring (bicyclic) bond motifs is 1. The highest BCUT2D eigenvalue weighted by Gasteiger charge is 2.43. The summed E-state index contributed by atoms with van der Waals surface area (Å²) in [6.07, 6.45) is 4.28. The number of morpholine rings is 1. The molecule has 0 bridgehead atoms. The molecule has 0 aromatic carbocycles. The first kappa shape index (κ1) is 14.9. The Bertz CT molecular complexity index is 590. The molecule has 0 unspecified atom stereocenters. The summed E-state index contributed by atoms with van der Waals surface area (Å²) in [6.45, 7) is 4.06. The molecule has 1 saturated carbocycles. The Morgan fingerprint density at radius 1 is 1.35 bits per heavy atom. The van der Waals surface area contributed by atoms with Gasteiger partial charge in [0.05, 0.1) is 26.4 Å². The van der Waals surface area contributed by atoms with E-state index in [9.17, 15) is 4.79 Å². The standard InChI is InChI=1S/C17H23N3O3/c1-22-16-8-13(4-5-18-16)17(21)19-6-7-20-14(9-19)10-23-11-15(20)12-2-3-12/h4-5,8,12,14-15H,2-3,6-7,9-11H2,1H3/t14-,15-/m1/s1. The highest BCUT2D eigenvalue weighted by molar-refractivity contribution is 5.94. The van der Waals surface area contributed by atoms with E-state index in [1.165, 1.54) is 12.8 Å². The fourth-order valence-electron chi connectivity index (χ4n) is 3.78. The van der Waals surface area contributed by atoms with Crippen molar-refractivity contribution in [3.05, 3.63) is 23.9 Å². The van der Waals surface area contributed by atoms with Gasteiger partial charge in [-0.05, 0) is 24.8 Å². The Labute approximate surface area is 136 Å². The topological polar surface area (TPSA) is 54.9 Å². The van der Waals surface area contributed by atoms with E-state index in [1.54, 1.807) is 25.4 Å². The third-order valence-electron chi connectivity index (χ3n) is 5.20. The number of ether oxygens (including phenoxy) is 2. The highest BCUT2D eigenvalue weighted by atomic mass is 16.5. The van der Waals surface area contributed by atoms with Crippen molar-refractivity contribution < 1.29 is 14.3 Å². The molecule has 4 rings (SSSR count). The quantitative estimate of drug-likeness (QED) is 0.833. The van der Waals surface area contributed by atoms with Crippen molar-refractivity contribution in [2.75, 3.05) is 40.0 Å². The van der Waals surface area contributed by atoms with Gasteiger partial charge in [0.25, 0.3) is 5.91 Å². The zero-order valence-electron chi connectivity index (χ0n) is 13.5. The van der Waals surface area contributed by atoms with E-state index >= 15 is 0 Å². The van der Waals surface area contributed by atoms with Crippen LogP contribution in [-0.2, 0) is 4.74 Å². The molecule has 23 heavy (non-hydrogen) atoms. The summed E-state index contributed by atoms with van der Waals surface area (Å²) in [5.74, 6) is 1.34. The van der Waals surface area contributed by atoms with Gasteiger partial charge in [0.2, 0.25) is 5.88 Å². The van der Waals surface area contributed by atoms with Gasteiger partial charge in [-0.25, -0.2) is 4.98 Å². The van der Waals surface area contributed by atoms with E-state index in [0.29, 0.717) is 23.5 Å². The lowest BCUT2D eigenvalue weighted by molar-refractivity contribution is -0.0816. The summed E-state index contributed by atoms with van der Waals surface area (Å²) in [7, 11) is 1.56. The summed E-state index contributed by atoms with van der Waals surface area (Å²) in [6, 6.07) is 4.35. The van der Waals surface area contributed by atoms with Crippen LogP contribution in [0.15, 0.2) is 18.3 Å². The number of methoxy groups -OCH3 is 1. The smallest absolute Gasteiger partial charge is 0.254 e. The van der Waals surface area contributed by atoms with E-state index in [0.717, 1.165) is 38.8 Å². The maximum Gasteiger partial charge on any atom is 0.254 e. The Morgan fingerprint density at radius 2 is 2.22 bits per heavy atom. The van der Waals surface area contributed by atoms with Crippen molar-refractivity contribution in [3.8, 4) is 5.88 Å². The van der Waals surface area contributed by atoms with Crippen molar-refractivity contribution in [2.45, 2.75) is 24.9 Å². The number of piperazine rings is 1. The first-order valence-electron chi connectivity index (χ1n) is 8.39. The molecule has 124 valence electrons. The van der Waals surface area contributed by atoms with Gasteiger partial charge >= 0.3 is 0 Å². The molecular weight excluding hydrogens is 294 g/mol. The van der Waals surface area contributed by atoms with Crippen LogP contribution in [0.5, 0.6) is 5.88 Å². The fourth-order valence-corrected chi connectivity index (χ4v) is 3.78. The minimum absolute atomic E-state index is 0.0545. The molecule has 1 aromatic heterocycles. The molecule has 1 aromatic rings. The SMILES string of the molecule is COc1cc(C(=O)N2CCN3[C@@H](COC[C@@H]3C3CC3)C2)ccn1. The van der Waals surface area contributed by atoms with Crippen LogP contribution in [0.3, 0.4) is 0 Å². The van der Waals surface area contributed by atoms with Crippen molar-refractivity contribution in [2.24, 2.45) is 5.92 Å². The molecule has 6 nitrogen and oxygen atoms in total. The van der Waals surface area contributed by atoms with Crippen LogP contribution in [0.2, 0.25) is 0 Å². The predicted octanol–water partition coefficient (Wildman–Crippen LogP) is 1.03. The van der Waals surface area contributed by atoms with Crippen LogP contribution in [0, 0.1) is 5.92 Å². The monoisotopic (exact) mass is 317 g/mol. The molecule has 3 aliphatic rings. The first-order valence-corrected chi connectivity index (χ1v) is 8.39. The largest absolute Gasteiger partial charge is 0.481 e. The first-order chi connectivity index (χ1) is 11.3. The van der Waals surface area contributed by atoms with Gasteiger partial charge in [-0.3, -0.25) is 9.69 Å². The summed E-state index contributed by atoms with van der Waals surface area (Å²) in [5, 5.41) is 0. The van der Waals surface area contributed by atoms with Crippen molar-refractivity contribution in [1.29, 1.82) is 0 Å². The number of pyridine rings is 1. The number of carbonyl (C=O) groups excluding carboxylic acids is 1. The third-order valence-corrected chi connectivity index (χ3v) is 5.20. The van der Waals surface area contributed by atoms with E-state index in [-0.39, 0.29) is 5.91 Å². The Morgan fingerprint density at radius 3 is 3.00 bits per heavy atom. The summed E-state index contributed by atoms with van der Waals surface area (Å²) in [5.41, 5.74) is 0.640. The molecule has 1 amide bonds. The van der Waals surface area contributed by atoms with Gasteiger partial charge in [-0.2, -0.15) is 0 Å².